The van der Waals surface area contributed by atoms with Crippen LogP contribution in [0.3, 0.4) is 0 Å². The molecule has 0 N–H and O–H groups in total. The fraction of sp³-hybridized carbons (Fsp3) is 0.769. The average Bonchev–Trinajstić information content (AvgIpc) is 2.63. The van der Waals surface area contributed by atoms with Crippen LogP contribution in [0, 0.1) is 6.92 Å². The highest BCUT2D eigenvalue weighted by Crippen LogP contribution is 2.07. The molecule has 0 spiro atoms. The zero-order valence-electron chi connectivity index (χ0n) is 10.2. The minimum Gasteiger partial charge on any atom is -0.273 e. The van der Waals surface area contributed by atoms with Gasteiger partial charge in [0.15, 0.2) is 0 Å². The lowest BCUT2D eigenvalue weighted by Gasteiger charge is -2.02. The van der Waals surface area contributed by atoms with Gasteiger partial charge in [0.05, 0.1) is 5.69 Å². The summed E-state index contributed by atoms with van der Waals surface area (Å²) >= 11 is 0. The maximum absolute atomic E-state index is 4.37. The molecule has 0 radical (unpaired) electrons. The van der Waals surface area contributed by atoms with Crippen molar-refractivity contribution < 1.29 is 0 Å². The van der Waals surface area contributed by atoms with Gasteiger partial charge >= 0.3 is 0 Å². The van der Waals surface area contributed by atoms with E-state index in [2.05, 4.69) is 29.0 Å². The summed E-state index contributed by atoms with van der Waals surface area (Å²) in [5.74, 6) is 0. The molecule has 0 bridgehead atoms. The molecule has 0 aliphatic carbocycles. The van der Waals surface area contributed by atoms with Crippen molar-refractivity contribution in [3.8, 4) is 0 Å². The normalized spacial score (nSPS) is 10.8. The molecule has 0 amide bonds. The van der Waals surface area contributed by atoms with E-state index in [1.807, 2.05) is 6.92 Å². The standard InChI is InChI=1S/C13H24N2/c1-3-4-5-6-7-8-9-11-15-12-10-13(2)14-15/h10,12H,3-9,11H2,1-2H3. The number of aromatic nitrogens is 2. The Morgan fingerprint density at radius 2 is 1.73 bits per heavy atom. The van der Waals surface area contributed by atoms with Gasteiger partial charge in [-0.15, -0.1) is 0 Å². The lowest BCUT2D eigenvalue weighted by Crippen LogP contribution is -1.98. The number of hydrogen-bond acceptors (Lipinski definition) is 1. The summed E-state index contributed by atoms with van der Waals surface area (Å²) in [4.78, 5) is 0. The van der Waals surface area contributed by atoms with Crippen molar-refractivity contribution in [1.82, 2.24) is 9.78 Å². The Morgan fingerprint density at radius 1 is 1.07 bits per heavy atom. The van der Waals surface area contributed by atoms with Crippen LogP contribution < -0.4 is 0 Å². The van der Waals surface area contributed by atoms with E-state index in [0.717, 1.165) is 12.2 Å². The number of hydrogen-bond donors (Lipinski definition) is 0. The molecule has 2 nitrogen and oxygen atoms in total. The smallest absolute Gasteiger partial charge is 0.0593 e. The predicted molar refractivity (Wildman–Crippen MR) is 65.0 cm³/mol. The quantitative estimate of drug-likeness (QED) is 0.592. The van der Waals surface area contributed by atoms with Crippen LogP contribution >= 0.6 is 0 Å². The van der Waals surface area contributed by atoms with Gasteiger partial charge in [-0.25, -0.2) is 0 Å². The zero-order valence-corrected chi connectivity index (χ0v) is 10.2. The van der Waals surface area contributed by atoms with Crippen molar-refractivity contribution in [1.29, 1.82) is 0 Å². The minimum atomic E-state index is 1.08. The van der Waals surface area contributed by atoms with Gasteiger partial charge in [-0.2, -0.15) is 5.10 Å². The highest BCUT2D eigenvalue weighted by atomic mass is 15.3. The van der Waals surface area contributed by atoms with Gasteiger partial charge in [0, 0.05) is 12.7 Å². The molecular formula is C13H24N2. The van der Waals surface area contributed by atoms with Gasteiger partial charge in [0.2, 0.25) is 0 Å². The molecule has 0 aliphatic rings. The monoisotopic (exact) mass is 208 g/mol. The van der Waals surface area contributed by atoms with Crippen molar-refractivity contribution >= 4 is 0 Å². The van der Waals surface area contributed by atoms with Crippen LogP contribution in [-0.2, 0) is 6.54 Å². The summed E-state index contributed by atoms with van der Waals surface area (Å²) in [7, 11) is 0. The average molecular weight is 208 g/mol. The van der Waals surface area contributed by atoms with Crippen LogP contribution in [0.2, 0.25) is 0 Å². The maximum Gasteiger partial charge on any atom is 0.0593 e. The molecule has 1 aromatic heterocycles. The van der Waals surface area contributed by atoms with Crippen LogP contribution in [0.1, 0.15) is 57.6 Å². The first-order chi connectivity index (χ1) is 7.33. The second kappa shape index (κ2) is 7.49. The van der Waals surface area contributed by atoms with Gasteiger partial charge in [-0.05, 0) is 19.4 Å². The summed E-state index contributed by atoms with van der Waals surface area (Å²) in [6, 6.07) is 2.07. The molecule has 0 atom stereocenters. The highest BCUT2D eigenvalue weighted by molar-refractivity contribution is 4.94. The molecule has 0 saturated heterocycles. The Morgan fingerprint density at radius 3 is 2.33 bits per heavy atom. The van der Waals surface area contributed by atoms with Crippen molar-refractivity contribution in [2.24, 2.45) is 0 Å². The second-order valence-corrected chi connectivity index (χ2v) is 4.34. The summed E-state index contributed by atoms with van der Waals surface area (Å²) in [5, 5.41) is 4.37. The number of aryl methyl sites for hydroxylation is 2. The van der Waals surface area contributed by atoms with E-state index in [9.17, 15) is 0 Å². The first kappa shape index (κ1) is 12.3. The van der Waals surface area contributed by atoms with Crippen molar-refractivity contribution in [3.05, 3.63) is 18.0 Å². The van der Waals surface area contributed by atoms with Gasteiger partial charge < -0.3 is 0 Å². The molecule has 0 aliphatic heterocycles. The lowest BCUT2D eigenvalue weighted by atomic mass is 10.1. The van der Waals surface area contributed by atoms with Crippen LogP contribution in [0.4, 0.5) is 0 Å². The van der Waals surface area contributed by atoms with Gasteiger partial charge in [-0.3, -0.25) is 4.68 Å². The molecule has 15 heavy (non-hydrogen) atoms. The van der Waals surface area contributed by atoms with Gasteiger partial charge in [-0.1, -0.05) is 45.4 Å². The van der Waals surface area contributed by atoms with E-state index in [4.69, 9.17) is 0 Å². The predicted octanol–water partition coefficient (Wildman–Crippen LogP) is 3.94. The molecule has 1 heterocycles. The lowest BCUT2D eigenvalue weighted by molar-refractivity contribution is 0.521. The Hall–Kier alpha value is -0.790. The molecular weight excluding hydrogens is 184 g/mol. The van der Waals surface area contributed by atoms with E-state index in [0.29, 0.717) is 0 Å². The third kappa shape index (κ3) is 5.60. The molecule has 0 aromatic carbocycles. The molecule has 0 saturated carbocycles. The van der Waals surface area contributed by atoms with E-state index in [1.165, 1.54) is 44.9 Å². The SMILES string of the molecule is CCCCCCCCCn1ccc(C)n1. The fourth-order valence-electron chi connectivity index (χ4n) is 1.82. The molecule has 86 valence electrons. The van der Waals surface area contributed by atoms with Crippen molar-refractivity contribution in [2.75, 3.05) is 0 Å². The Labute approximate surface area is 93.7 Å². The van der Waals surface area contributed by atoms with Crippen LogP contribution in [0.15, 0.2) is 12.3 Å². The van der Waals surface area contributed by atoms with Gasteiger partial charge in [0.1, 0.15) is 0 Å². The summed E-state index contributed by atoms with van der Waals surface area (Å²) in [5.41, 5.74) is 1.12. The van der Waals surface area contributed by atoms with E-state index in [-0.39, 0.29) is 0 Å². The van der Waals surface area contributed by atoms with Crippen molar-refractivity contribution in [2.45, 2.75) is 65.3 Å². The Bertz CT molecular complexity index is 253. The Kier molecular flexibility index (Phi) is 6.14. The van der Waals surface area contributed by atoms with Crippen molar-refractivity contribution in [3.63, 3.8) is 0 Å². The first-order valence-corrected chi connectivity index (χ1v) is 6.33. The first-order valence-electron chi connectivity index (χ1n) is 6.33. The minimum absolute atomic E-state index is 1.08. The topological polar surface area (TPSA) is 17.8 Å². The fourth-order valence-corrected chi connectivity index (χ4v) is 1.82. The molecule has 0 unspecified atom stereocenters. The van der Waals surface area contributed by atoms with Crippen LogP contribution in [0.5, 0.6) is 0 Å². The molecule has 2 heteroatoms. The van der Waals surface area contributed by atoms with Crippen LogP contribution in [0.25, 0.3) is 0 Å². The van der Waals surface area contributed by atoms with E-state index < -0.39 is 0 Å². The molecule has 1 aromatic rings. The Balaban J connectivity index is 1.93. The van der Waals surface area contributed by atoms with E-state index >= 15 is 0 Å². The number of rotatable bonds is 8. The molecule has 0 fully saturated rings. The zero-order chi connectivity index (χ0) is 10.9. The second-order valence-electron chi connectivity index (χ2n) is 4.34. The van der Waals surface area contributed by atoms with Crippen LogP contribution in [-0.4, -0.2) is 9.78 Å². The molecule has 1 rings (SSSR count). The van der Waals surface area contributed by atoms with E-state index in [1.54, 1.807) is 0 Å². The third-order valence-electron chi connectivity index (χ3n) is 2.76. The summed E-state index contributed by atoms with van der Waals surface area (Å²) in [6.45, 7) is 5.39. The maximum atomic E-state index is 4.37. The highest BCUT2D eigenvalue weighted by Gasteiger charge is 1.94. The number of unbranched alkanes of at least 4 members (excludes halogenated alkanes) is 6. The number of nitrogens with zero attached hydrogens (tertiary/aromatic N) is 2. The van der Waals surface area contributed by atoms with Gasteiger partial charge in [0.25, 0.3) is 0 Å². The third-order valence-corrected chi connectivity index (χ3v) is 2.76. The summed E-state index contributed by atoms with van der Waals surface area (Å²) in [6.07, 6.45) is 11.6. The summed E-state index contributed by atoms with van der Waals surface area (Å²) < 4.78 is 2.06. The largest absolute Gasteiger partial charge is 0.273 e.